The van der Waals surface area contributed by atoms with E-state index in [2.05, 4.69) is 9.97 Å². The van der Waals surface area contributed by atoms with Gasteiger partial charge in [-0.2, -0.15) is 0 Å². The van der Waals surface area contributed by atoms with E-state index < -0.39 is 31.1 Å². The summed E-state index contributed by atoms with van der Waals surface area (Å²) >= 11 is 0. The third-order valence-corrected chi connectivity index (χ3v) is 4.88. The summed E-state index contributed by atoms with van der Waals surface area (Å²) in [5, 5.41) is 29.5. The van der Waals surface area contributed by atoms with Gasteiger partial charge in [0.15, 0.2) is 12.8 Å². The van der Waals surface area contributed by atoms with Crippen LogP contribution in [0, 0.1) is 0 Å². The molecule has 0 unspecified atom stereocenters. The Balaban J connectivity index is 1.59. The minimum atomic E-state index is -1.25. The van der Waals surface area contributed by atoms with Gasteiger partial charge < -0.3 is 35.4 Å². The smallest absolute Gasteiger partial charge is 0.289 e. The lowest BCUT2D eigenvalue weighted by atomic mass is 10.1. The molecule has 1 fully saturated rings. The molecule has 1 aromatic carbocycles. The molecule has 29 heavy (non-hydrogen) atoms. The molecular weight excluding hydrogens is 382 g/mol. The van der Waals surface area contributed by atoms with E-state index in [-0.39, 0.29) is 12.4 Å². The average molecular weight is 404 g/mol. The van der Waals surface area contributed by atoms with Gasteiger partial charge in [-0.3, -0.25) is 4.57 Å². The molecule has 0 bridgehead atoms. The molecule has 3 aromatic rings. The largest absolute Gasteiger partial charge is 0.496 e. The van der Waals surface area contributed by atoms with Crippen LogP contribution >= 0.6 is 0 Å². The molecule has 0 radical (unpaired) electrons. The normalized spacial score (nSPS) is 24.1. The van der Waals surface area contributed by atoms with Gasteiger partial charge in [0.2, 0.25) is 11.2 Å². The molecule has 2 aromatic heterocycles. The molecule has 0 spiro atoms. The van der Waals surface area contributed by atoms with Gasteiger partial charge in [-0.25, -0.2) is 4.98 Å². The standard InChI is InChI=1S/C18H21N5O6/c1-27-11-5-3-2-4-10(11)7-28-23-9-21-17-13(16(23)19)20-8-22(17)18-15(26)14(25)12(6-24)29-18/h2-5,8-9,12,14-15,18-19,24-26H,6-7H2,1H3/p+1/t12-,14-,15-,18-/m1/s1. The fraction of sp³-hybridized carbons (Fsp3) is 0.389. The molecule has 3 heterocycles. The highest BCUT2D eigenvalue weighted by atomic mass is 16.7. The maximum absolute atomic E-state index is 10.2. The van der Waals surface area contributed by atoms with Crippen molar-refractivity contribution in [1.82, 2.24) is 14.5 Å². The number of nitrogens with zero attached hydrogens (tertiary/aromatic N) is 4. The first-order valence-electron chi connectivity index (χ1n) is 8.95. The Kier molecular flexibility index (Phi) is 5.20. The molecule has 4 rings (SSSR count). The van der Waals surface area contributed by atoms with Gasteiger partial charge in [0.25, 0.3) is 12.1 Å². The highest BCUT2D eigenvalue weighted by Crippen LogP contribution is 2.31. The minimum Gasteiger partial charge on any atom is -0.496 e. The monoisotopic (exact) mass is 404 g/mol. The van der Waals surface area contributed by atoms with Crippen LogP contribution in [0.5, 0.6) is 5.75 Å². The van der Waals surface area contributed by atoms with Crippen LogP contribution in [0.3, 0.4) is 0 Å². The maximum atomic E-state index is 10.2. The van der Waals surface area contributed by atoms with Gasteiger partial charge in [-0.05, 0) is 6.07 Å². The summed E-state index contributed by atoms with van der Waals surface area (Å²) < 4.78 is 13.6. The number of imidazole rings is 1. The van der Waals surface area contributed by atoms with Crippen LogP contribution in [0.1, 0.15) is 11.8 Å². The Morgan fingerprint density at radius 2 is 2.03 bits per heavy atom. The van der Waals surface area contributed by atoms with Gasteiger partial charge >= 0.3 is 0 Å². The van der Waals surface area contributed by atoms with Crippen molar-refractivity contribution in [1.29, 1.82) is 0 Å². The summed E-state index contributed by atoms with van der Waals surface area (Å²) in [6.45, 7) is -0.227. The molecule has 5 N–H and O–H groups in total. The zero-order chi connectivity index (χ0) is 20.5. The molecule has 4 atom stereocenters. The quantitative estimate of drug-likeness (QED) is 0.362. The molecule has 11 heteroatoms. The number of para-hydroxylation sites is 1. The fourth-order valence-corrected chi connectivity index (χ4v) is 3.30. The van der Waals surface area contributed by atoms with Crippen LogP contribution in [-0.2, 0) is 11.3 Å². The molecule has 0 aliphatic carbocycles. The van der Waals surface area contributed by atoms with Gasteiger partial charge in [0, 0.05) is 5.56 Å². The summed E-state index contributed by atoms with van der Waals surface area (Å²) in [6, 6.07) is 7.44. The second-order valence-corrected chi connectivity index (χ2v) is 6.59. The zero-order valence-corrected chi connectivity index (χ0v) is 15.6. The fourth-order valence-electron chi connectivity index (χ4n) is 3.30. The van der Waals surface area contributed by atoms with Gasteiger partial charge in [0.05, 0.1) is 13.7 Å². The van der Waals surface area contributed by atoms with Crippen molar-refractivity contribution >= 4 is 17.0 Å². The topological polar surface area (TPSA) is 149 Å². The number of nitrogens with two attached hydrogens (primary N) is 1. The first-order chi connectivity index (χ1) is 14.0. The van der Waals surface area contributed by atoms with Crippen LogP contribution < -0.4 is 20.0 Å². The lowest BCUT2D eigenvalue weighted by Crippen LogP contribution is -2.45. The summed E-state index contributed by atoms with van der Waals surface area (Å²) in [7, 11) is 1.58. The number of methoxy groups -OCH3 is 1. The number of benzene rings is 1. The predicted molar refractivity (Wildman–Crippen MR) is 98.4 cm³/mol. The lowest BCUT2D eigenvalue weighted by Gasteiger charge is -2.15. The van der Waals surface area contributed by atoms with E-state index in [0.29, 0.717) is 16.9 Å². The summed E-state index contributed by atoms with van der Waals surface area (Å²) in [5.41, 5.74) is 7.69. The molecule has 11 nitrogen and oxygen atoms in total. The molecule has 0 amide bonds. The molecular formula is C18H22N5O6+. The van der Waals surface area contributed by atoms with E-state index in [0.717, 1.165) is 5.56 Å². The molecule has 0 saturated carbocycles. The number of fused-ring (bicyclic) bond motifs is 1. The van der Waals surface area contributed by atoms with E-state index in [9.17, 15) is 15.3 Å². The van der Waals surface area contributed by atoms with Crippen LogP contribution in [0.2, 0.25) is 0 Å². The highest BCUT2D eigenvalue weighted by Gasteiger charge is 2.44. The van der Waals surface area contributed by atoms with Crippen molar-refractivity contribution in [3.63, 3.8) is 0 Å². The zero-order valence-electron chi connectivity index (χ0n) is 15.6. The van der Waals surface area contributed by atoms with E-state index in [4.69, 9.17) is 20.0 Å². The van der Waals surface area contributed by atoms with Crippen molar-refractivity contribution in [3.8, 4) is 5.75 Å². The minimum absolute atomic E-state index is 0.196. The third kappa shape index (κ3) is 3.34. The molecule has 1 aliphatic heterocycles. The number of anilines is 1. The van der Waals surface area contributed by atoms with Crippen LogP contribution in [0.4, 0.5) is 5.82 Å². The van der Waals surface area contributed by atoms with Crippen molar-refractivity contribution in [2.45, 2.75) is 31.1 Å². The Morgan fingerprint density at radius 3 is 2.76 bits per heavy atom. The van der Waals surface area contributed by atoms with Crippen LogP contribution in [-0.4, -0.2) is 61.9 Å². The van der Waals surface area contributed by atoms with Crippen LogP contribution in [0.25, 0.3) is 11.2 Å². The number of hydrogen-bond acceptors (Lipinski definition) is 9. The Bertz CT molecular complexity index is 1010. The Morgan fingerprint density at radius 1 is 1.24 bits per heavy atom. The molecule has 1 aliphatic rings. The summed E-state index contributed by atoms with van der Waals surface area (Å²) in [5.74, 6) is 0.893. The van der Waals surface area contributed by atoms with E-state index in [1.165, 1.54) is 22.0 Å². The van der Waals surface area contributed by atoms with Crippen molar-refractivity contribution < 1.29 is 34.4 Å². The third-order valence-electron chi connectivity index (χ3n) is 4.88. The molecule has 1 saturated heterocycles. The van der Waals surface area contributed by atoms with E-state index in [1.807, 2.05) is 24.3 Å². The van der Waals surface area contributed by atoms with Crippen molar-refractivity contribution in [3.05, 3.63) is 42.5 Å². The highest BCUT2D eigenvalue weighted by molar-refractivity contribution is 5.79. The lowest BCUT2D eigenvalue weighted by molar-refractivity contribution is -0.885. The number of rotatable bonds is 6. The Labute approximate surface area is 165 Å². The average Bonchev–Trinajstić information content (AvgIpc) is 3.29. The second kappa shape index (κ2) is 7.79. The van der Waals surface area contributed by atoms with Crippen molar-refractivity contribution in [2.24, 2.45) is 0 Å². The van der Waals surface area contributed by atoms with Gasteiger partial charge in [-0.1, -0.05) is 27.9 Å². The van der Waals surface area contributed by atoms with E-state index >= 15 is 0 Å². The number of aliphatic hydroxyl groups excluding tert-OH is 3. The summed E-state index contributed by atoms with van der Waals surface area (Å²) in [6.07, 6.45) is -1.54. The predicted octanol–water partition coefficient (Wildman–Crippen LogP) is -1.45. The van der Waals surface area contributed by atoms with Gasteiger partial charge in [0.1, 0.15) is 30.4 Å². The first-order valence-corrected chi connectivity index (χ1v) is 8.95. The summed E-state index contributed by atoms with van der Waals surface area (Å²) in [4.78, 5) is 14.3. The number of aromatic nitrogens is 4. The Hall–Kier alpha value is -2.99. The second-order valence-electron chi connectivity index (χ2n) is 6.59. The number of nitrogen functional groups attached to an aromatic ring is 1. The molecule has 154 valence electrons. The number of hydrogen-bond donors (Lipinski definition) is 4. The SMILES string of the molecule is COc1ccccc1CO[n+]1cnc2c(ncn2[C@@H]2O[C@H](CO)[C@@H](O)[C@H]2O)c1N. The van der Waals surface area contributed by atoms with Crippen molar-refractivity contribution in [2.75, 3.05) is 19.5 Å². The number of ether oxygens (including phenoxy) is 2. The van der Waals surface area contributed by atoms with Gasteiger partial charge in [-0.15, -0.1) is 0 Å². The number of aliphatic hydroxyl groups is 3. The maximum Gasteiger partial charge on any atom is 0.289 e. The van der Waals surface area contributed by atoms with E-state index in [1.54, 1.807) is 7.11 Å². The first kappa shape index (κ1) is 19.3. The van der Waals surface area contributed by atoms with Crippen LogP contribution in [0.15, 0.2) is 36.9 Å².